The van der Waals surface area contributed by atoms with E-state index >= 15 is 0 Å². The molecule has 0 saturated heterocycles. The normalized spacial score (nSPS) is 13.0. The van der Waals surface area contributed by atoms with Crippen molar-refractivity contribution in [2.45, 2.75) is 43.7 Å². The maximum Gasteiger partial charge on any atom is 0.452 e. The number of hydrogen-bond acceptors (Lipinski definition) is 5. The van der Waals surface area contributed by atoms with Gasteiger partial charge in [0.1, 0.15) is 11.6 Å². The predicted molar refractivity (Wildman–Crippen MR) is 109 cm³/mol. The Morgan fingerprint density at radius 3 is 2.38 bits per heavy atom. The maximum atomic E-state index is 13.2. The molecule has 162 valence electrons. The summed E-state index contributed by atoms with van der Waals surface area (Å²) in [5, 5.41) is 3.40. The average Bonchev–Trinajstić information content (AvgIpc) is 2.95. The average molecular weight is 515 g/mol. The van der Waals surface area contributed by atoms with E-state index in [-0.39, 0.29) is 16.0 Å². The maximum absolute atomic E-state index is 13.2. The van der Waals surface area contributed by atoms with Crippen LogP contribution in [0.3, 0.4) is 0 Å². The molecule has 6 nitrogen and oxygen atoms in total. The lowest BCUT2D eigenvalue weighted by molar-refractivity contribution is -0.156. The predicted octanol–water partition coefficient (Wildman–Crippen LogP) is 5.27. The first-order valence-corrected chi connectivity index (χ1v) is 14.6. The van der Waals surface area contributed by atoms with Crippen molar-refractivity contribution in [1.29, 1.82) is 0 Å². The van der Waals surface area contributed by atoms with Gasteiger partial charge in [-0.2, -0.15) is 13.2 Å². The number of hydrogen-bond donors (Lipinski definition) is 0. The molecule has 0 atom stereocenters. The lowest BCUT2D eigenvalue weighted by atomic mass is 10.2. The summed E-state index contributed by atoms with van der Waals surface area (Å²) in [6.45, 7) is 7.29. The molecule has 1 aromatic carbocycles. The summed E-state index contributed by atoms with van der Waals surface area (Å²) < 4.78 is 76.7. The molecule has 0 N–H and O–H groups in total. The first-order valence-electron chi connectivity index (χ1n) is 8.63. The zero-order valence-corrected chi connectivity index (χ0v) is 19.8. The minimum atomic E-state index is -4.79. The number of benzene rings is 1. The fourth-order valence-electron chi connectivity index (χ4n) is 2.37. The summed E-state index contributed by atoms with van der Waals surface area (Å²) in [6, 6.07) is 6.77. The second kappa shape index (κ2) is 8.78. The summed E-state index contributed by atoms with van der Waals surface area (Å²) in [6.07, 6.45) is -4.79. The molecule has 12 heteroatoms. The van der Waals surface area contributed by atoms with E-state index in [0.717, 1.165) is 13.0 Å². The highest BCUT2D eigenvalue weighted by Gasteiger charge is 2.41. The number of rotatable bonds is 8. The lowest BCUT2D eigenvalue weighted by Gasteiger charge is -2.24. The Hall–Kier alpha value is -1.37. The van der Waals surface area contributed by atoms with E-state index in [1.807, 2.05) is 0 Å². The number of ether oxygens (including phenoxy) is 1. The molecule has 2 aromatic rings. The summed E-state index contributed by atoms with van der Waals surface area (Å²) in [5.41, 5.74) is -0.429. The molecular weight excluding hydrogens is 493 g/mol. The van der Waals surface area contributed by atoms with Crippen LogP contribution >= 0.6 is 15.9 Å². The highest BCUT2D eigenvalue weighted by Crippen LogP contribution is 2.37. The van der Waals surface area contributed by atoms with Gasteiger partial charge in [0.25, 0.3) is 10.0 Å². The van der Waals surface area contributed by atoms with Crippen LogP contribution in [0.4, 0.5) is 19.0 Å². The van der Waals surface area contributed by atoms with Gasteiger partial charge in [0.05, 0.1) is 0 Å². The van der Waals surface area contributed by atoms with Crippen LogP contribution in [0.5, 0.6) is 0 Å². The summed E-state index contributed by atoms with van der Waals surface area (Å²) in [7, 11) is -5.71. The number of alkyl halides is 3. The standard InChI is InChI=1S/C17H22BrF3N2O4SSi/c1-12-15(17(19,20)21)27-22-16(12)23(11-26-9-10-29(2,3)4)28(24,25)14-8-6-5-7-13(14)18/h5-8H,9-11H2,1-4H3. The first-order chi connectivity index (χ1) is 13.2. The third kappa shape index (κ3) is 5.83. The molecule has 29 heavy (non-hydrogen) atoms. The number of halogens is 4. The molecule has 1 aromatic heterocycles. The Kier molecular flexibility index (Phi) is 7.24. The number of anilines is 1. The van der Waals surface area contributed by atoms with Gasteiger partial charge in [-0.1, -0.05) is 36.9 Å². The van der Waals surface area contributed by atoms with Gasteiger partial charge in [0, 0.05) is 24.7 Å². The van der Waals surface area contributed by atoms with Crippen LogP contribution < -0.4 is 4.31 Å². The molecule has 0 aliphatic carbocycles. The van der Waals surface area contributed by atoms with Crippen molar-refractivity contribution in [1.82, 2.24) is 5.16 Å². The molecule has 0 radical (unpaired) electrons. The van der Waals surface area contributed by atoms with Crippen molar-refractivity contribution in [3.05, 3.63) is 40.1 Å². The fraction of sp³-hybridized carbons (Fsp3) is 0.471. The van der Waals surface area contributed by atoms with Gasteiger partial charge in [-0.3, -0.25) is 0 Å². The van der Waals surface area contributed by atoms with Crippen molar-refractivity contribution in [3.63, 3.8) is 0 Å². The molecule has 0 aliphatic heterocycles. The Labute approximate surface area is 177 Å². The van der Waals surface area contributed by atoms with Crippen molar-refractivity contribution in [3.8, 4) is 0 Å². The second-order valence-corrected chi connectivity index (χ2v) is 15.9. The van der Waals surface area contributed by atoms with Gasteiger partial charge in [-0.25, -0.2) is 12.7 Å². The van der Waals surface area contributed by atoms with Crippen LogP contribution in [0.25, 0.3) is 0 Å². The zero-order chi connectivity index (χ0) is 22.0. The van der Waals surface area contributed by atoms with E-state index in [1.165, 1.54) is 18.2 Å². The van der Waals surface area contributed by atoms with Crippen LogP contribution in [0.15, 0.2) is 38.2 Å². The largest absolute Gasteiger partial charge is 0.452 e. The van der Waals surface area contributed by atoms with Crippen LogP contribution in [-0.2, 0) is 20.9 Å². The quantitative estimate of drug-likeness (QED) is 0.272. The third-order valence-electron chi connectivity index (χ3n) is 4.00. The van der Waals surface area contributed by atoms with Gasteiger partial charge in [-0.05, 0) is 41.0 Å². The first kappa shape index (κ1) is 23.9. The Morgan fingerprint density at radius 2 is 1.86 bits per heavy atom. The molecule has 0 bridgehead atoms. The molecule has 0 saturated carbocycles. The second-order valence-electron chi connectivity index (χ2n) is 7.59. The van der Waals surface area contributed by atoms with E-state index in [0.29, 0.717) is 4.31 Å². The molecule has 0 unspecified atom stereocenters. The highest BCUT2D eigenvalue weighted by molar-refractivity contribution is 9.10. The van der Waals surface area contributed by atoms with Gasteiger partial charge < -0.3 is 9.26 Å². The van der Waals surface area contributed by atoms with E-state index in [2.05, 4.69) is 45.3 Å². The van der Waals surface area contributed by atoms with Crippen molar-refractivity contribution in [2.24, 2.45) is 0 Å². The van der Waals surface area contributed by atoms with Crippen LogP contribution in [0.1, 0.15) is 11.3 Å². The SMILES string of the molecule is Cc1c(N(COCC[Si](C)(C)C)S(=O)(=O)c2ccccc2Br)noc1C(F)(F)F. The Morgan fingerprint density at radius 1 is 1.24 bits per heavy atom. The summed E-state index contributed by atoms with van der Waals surface area (Å²) in [4.78, 5) is -0.121. The molecule has 2 rings (SSSR count). The third-order valence-corrected chi connectivity index (χ3v) is 8.43. The fourth-order valence-corrected chi connectivity index (χ4v) is 5.44. The number of aromatic nitrogens is 1. The van der Waals surface area contributed by atoms with Crippen LogP contribution in [-0.4, -0.2) is 35.0 Å². The molecule has 0 spiro atoms. The Balaban J connectivity index is 2.45. The van der Waals surface area contributed by atoms with Crippen LogP contribution in [0, 0.1) is 6.92 Å². The van der Waals surface area contributed by atoms with E-state index < -0.39 is 48.1 Å². The highest BCUT2D eigenvalue weighted by atomic mass is 79.9. The van der Waals surface area contributed by atoms with Gasteiger partial charge in [0.15, 0.2) is 5.82 Å². The molecular formula is C17H22BrF3N2O4SSi. The van der Waals surface area contributed by atoms with E-state index in [4.69, 9.17) is 4.74 Å². The van der Waals surface area contributed by atoms with E-state index in [9.17, 15) is 21.6 Å². The minimum absolute atomic E-state index is 0.121. The molecule has 0 fully saturated rings. The topological polar surface area (TPSA) is 72.6 Å². The molecule has 0 aliphatic rings. The number of nitrogens with zero attached hydrogens (tertiary/aromatic N) is 2. The Bertz CT molecular complexity index is 958. The monoisotopic (exact) mass is 514 g/mol. The van der Waals surface area contributed by atoms with E-state index in [1.54, 1.807) is 6.07 Å². The van der Waals surface area contributed by atoms with Crippen molar-refractivity contribution in [2.75, 3.05) is 17.6 Å². The van der Waals surface area contributed by atoms with Crippen molar-refractivity contribution >= 4 is 39.8 Å². The zero-order valence-electron chi connectivity index (χ0n) is 16.4. The molecule has 0 amide bonds. The van der Waals surface area contributed by atoms with Gasteiger partial charge in [-0.15, -0.1) is 0 Å². The summed E-state index contributed by atoms with van der Waals surface area (Å²) >= 11 is 3.17. The van der Waals surface area contributed by atoms with Gasteiger partial charge in [0.2, 0.25) is 5.76 Å². The number of sulfonamides is 1. The van der Waals surface area contributed by atoms with Gasteiger partial charge >= 0.3 is 6.18 Å². The summed E-state index contributed by atoms with van der Waals surface area (Å²) in [5.74, 6) is -1.80. The molecule has 1 heterocycles. The smallest absolute Gasteiger partial charge is 0.360 e. The minimum Gasteiger partial charge on any atom is -0.360 e. The van der Waals surface area contributed by atoms with Crippen molar-refractivity contribution < 1.29 is 30.8 Å². The van der Waals surface area contributed by atoms with Crippen LogP contribution in [0.2, 0.25) is 25.7 Å². The lowest BCUT2D eigenvalue weighted by Crippen LogP contribution is -2.35.